The molecule has 0 spiro atoms. The topological polar surface area (TPSA) is 52.3 Å². The molecule has 0 fully saturated rings. The van der Waals surface area contributed by atoms with Gasteiger partial charge in [-0.3, -0.25) is 0 Å². The first-order valence-electron chi connectivity index (χ1n) is 5.42. The molecule has 0 radical (unpaired) electrons. The molecule has 2 N–H and O–H groups in total. The Balaban J connectivity index is 2.41. The highest BCUT2D eigenvalue weighted by atomic mass is 16.5. The lowest BCUT2D eigenvalue weighted by molar-refractivity contribution is 0.0513. The molecule has 0 saturated heterocycles. The zero-order chi connectivity index (χ0) is 11.8. The maximum atomic E-state index is 11.6. The number of rotatable bonds is 5. The van der Waals surface area contributed by atoms with E-state index in [0.29, 0.717) is 17.9 Å². The summed E-state index contributed by atoms with van der Waals surface area (Å²) in [4.78, 5) is 11.6. The molecule has 16 heavy (non-hydrogen) atoms. The number of hydrogen-bond acceptors (Lipinski definition) is 3. The van der Waals surface area contributed by atoms with E-state index in [-0.39, 0.29) is 5.97 Å². The van der Waals surface area contributed by atoms with E-state index in [1.165, 1.54) is 0 Å². The number of allylic oxidation sites excluding steroid dienone is 1. The molecule has 1 aromatic carbocycles. The first kappa shape index (κ1) is 12.3. The lowest BCUT2D eigenvalue weighted by Crippen LogP contribution is -2.08. The molecule has 0 atom stereocenters. The van der Waals surface area contributed by atoms with Crippen molar-refractivity contribution in [3.63, 3.8) is 0 Å². The van der Waals surface area contributed by atoms with E-state index in [1.54, 1.807) is 24.3 Å². The zero-order valence-corrected chi connectivity index (χ0v) is 9.48. The van der Waals surface area contributed by atoms with E-state index in [1.807, 2.05) is 12.2 Å². The highest BCUT2D eigenvalue weighted by molar-refractivity contribution is 5.94. The summed E-state index contributed by atoms with van der Waals surface area (Å²) in [7, 11) is 0. The van der Waals surface area contributed by atoms with E-state index < -0.39 is 0 Å². The predicted octanol–water partition coefficient (Wildman–Crippen LogP) is 2.78. The van der Waals surface area contributed by atoms with Crippen LogP contribution >= 0.6 is 0 Å². The summed E-state index contributed by atoms with van der Waals surface area (Å²) in [6, 6.07) is 6.91. The van der Waals surface area contributed by atoms with E-state index >= 15 is 0 Å². The van der Waals surface area contributed by atoms with E-state index in [2.05, 4.69) is 6.92 Å². The second-order valence-corrected chi connectivity index (χ2v) is 3.39. The minimum atomic E-state index is -0.358. The van der Waals surface area contributed by atoms with Crippen molar-refractivity contribution in [1.29, 1.82) is 0 Å². The number of hydrogen-bond donors (Lipinski definition) is 1. The van der Waals surface area contributed by atoms with Crippen molar-refractivity contribution in [2.75, 3.05) is 12.3 Å². The molecule has 0 unspecified atom stereocenters. The number of ether oxygens (including phenoxy) is 1. The number of nitrogens with two attached hydrogens (primary N) is 1. The van der Waals surface area contributed by atoms with Gasteiger partial charge in [-0.25, -0.2) is 4.79 Å². The number of carbonyl (C=O) groups excluding carboxylic acids is 1. The molecule has 0 heterocycles. The maximum Gasteiger partial charge on any atom is 0.340 e. The average Bonchev–Trinajstić information content (AvgIpc) is 2.29. The second-order valence-electron chi connectivity index (χ2n) is 3.39. The van der Waals surface area contributed by atoms with Crippen molar-refractivity contribution >= 4 is 11.7 Å². The van der Waals surface area contributed by atoms with Gasteiger partial charge in [0.1, 0.15) is 0 Å². The lowest BCUT2D eigenvalue weighted by Gasteiger charge is -2.05. The highest BCUT2D eigenvalue weighted by Gasteiger charge is 2.08. The number of carbonyl (C=O) groups is 1. The van der Waals surface area contributed by atoms with Crippen LogP contribution in [0.1, 0.15) is 30.1 Å². The molecule has 0 aliphatic carbocycles. The molecular formula is C13H17NO2. The summed E-state index contributed by atoms with van der Waals surface area (Å²) in [5.41, 5.74) is 6.55. The Morgan fingerprint density at radius 1 is 1.38 bits per heavy atom. The summed E-state index contributed by atoms with van der Waals surface area (Å²) in [6.45, 7) is 2.46. The third kappa shape index (κ3) is 3.77. The van der Waals surface area contributed by atoms with Crippen molar-refractivity contribution in [2.45, 2.75) is 19.8 Å². The van der Waals surface area contributed by atoms with Crippen molar-refractivity contribution in [3.05, 3.63) is 42.0 Å². The van der Waals surface area contributed by atoms with Crippen LogP contribution < -0.4 is 5.73 Å². The van der Waals surface area contributed by atoms with Gasteiger partial charge in [0, 0.05) is 5.69 Å². The Morgan fingerprint density at radius 2 is 2.12 bits per heavy atom. The van der Waals surface area contributed by atoms with Gasteiger partial charge >= 0.3 is 5.97 Å². The molecule has 86 valence electrons. The zero-order valence-electron chi connectivity index (χ0n) is 9.48. The summed E-state index contributed by atoms with van der Waals surface area (Å²) < 4.78 is 5.09. The van der Waals surface area contributed by atoms with Gasteiger partial charge in [0.2, 0.25) is 0 Å². The molecule has 3 nitrogen and oxygen atoms in total. The SMILES string of the molecule is CCC=CCCOC(=O)c1ccccc1N. The van der Waals surface area contributed by atoms with Gasteiger partial charge in [-0.1, -0.05) is 31.2 Å². The number of benzene rings is 1. The molecule has 3 heteroatoms. The molecule has 0 aliphatic rings. The van der Waals surface area contributed by atoms with E-state index in [9.17, 15) is 4.79 Å². The lowest BCUT2D eigenvalue weighted by atomic mass is 10.2. The van der Waals surface area contributed by atoms with Gasteiger partial charge < -0.3 is 10.5 Å². The van der Waals surface area contributed by atoms with Gasteiger partial charge in [0.15, 0.2) is 0 Å². The van der Waals surface area contributed by atoms with Crippen molar-refractivity contribution in [2.24, 2.45) is 0 Å². The Kier molecular flexibility index (Phi) is 5.12. The smallest absolute Gasteiger partial charge is 0.340 e. The predicted molar refractivity (Wildman–Crippen MR) is 65.2 cm³/mol. The van der Waals surface area contributed by atoms with Crippen molar-refractivity contribution in [1.82, 2.24) is 0 Å². The quantitative estimate of drug-likeness (QED) is 0.358. The summed E-state index contributed by atoms with van der Waals surface area (Å²) >= 11 is 0. The first-order chi connectivity index (χ1) is 7.75. The fourth-order valence-electron chi connectivity index (χ4n) is 1.26. The summed E-state index contributed by atoms with van der Waals surface area (Å²) in [5.74, 6) is -0.358. The van der Waals surface area contributed by atoms with Gasteiger partial charge in [0.25, 0.3) is 0 Å². The van der Waals surface area contributed by atoms with Crippen LogP contribution in [0.3, 0.4) is 0 Å². The average molecular weight is 219 g/mol. The highest BCUT2D eigenvalue weighted by Crippen LogP contribution is 2.11. The second kappa shape index (κ2) is 6.67. The van der Waals surface area contributed by atoms with Gasteiger partial charge in [-0.2, -0.15) is 0 Å². The summed E-state index contributed by atoms with van der Waals surface area (Å²) in [6.07, 6.45) is 5.79. The number of esters is 1. The number of anilines is 1. The molecule has 0 aromatic heterocycles. The Morgan fingerprint density at radius 3 is 2.81 bits per heavy atom. The fraction of sp³-hybridized carbons (Fsp3) is 0.308. The largest absolute Gasteiger partial charge is 0.462 e. The van der Waals surface area contributed by atoms with Crippen LogP contribution in [0.15, 0.2) is 36.4 Å². The number of nitrogen functional groups attached to an aromatic ring is 1. The third-order valence-corrected chi connectivity index (χ3v) is 2.10. The Bertz CT molecular complexity index is 372. The normalized spacial score (nSPS) is 10.6. The van der Waals surface area contributed by atoms with Crippen molar-refractivity contribution < 1.29 is 9.53 Å². The van der Waals surface area contributed by atoms with Crippen LogP contribution in [0.5, 0.6) is 0 Å². The van der Waals surface area contributed by atoms with Gasteiger partial charge in [-0.05, 0) is 25.0 Å². The van der Waals surface area contributed by atoms with Crippen molar-refractivity contribution in [3.8, 4) is 0 Å². The Hall–Kier alpha value is -1.77. The van der Waals surface area contributed by atoms with Crippen LogP contribution in [0.25, 0.3) is 0 Å². The number of para-hydroxylation sites is 1. The minimum absolute atomic E-state index is 0.358. The minimum Gasteiger partial charge on any atom is -0.462 e. The standard InChI is InChI=1S/C13H17NO2/c1-2-3-4-7-10-16-13(15)11-8-5-6-9-12(11)14/h3-6,8-9H,2,7,10,14H2,1H3. The van der Waals surface area contributed by atoms with Gasteiger partial charge in [-0.15, -0.1) is 0 Å². The molecule has 0 bridgehead atoms. The first-order valence-corrected chi connectivity index (χ1v) is 5.42. The van der Waals surface area contributed by atoms with Crippen LogP contribution in [-0.4, -0.2) is 12.6 Å². The molecular weight excluding hydrogens is 202 g/mol. The fourth-order valence-corrected chi connectivity index (χ4v) is 1.26. The van der Waals surface area contributed by atoms with Gasteiger partial charge in [0.05, 0.1) is 12.2 Å². The van der Waals surface area contributed by atoms with E-state index in [4.69, 9.17) is 10.5 Å². The monoisotopic (exact) mass is 219 g/mol. The van der Waals surface area contributed by atoms with Crippen LogP contribution in [0, 0.1) is 0 Å². The molecule has 1 aromatic rings. The van der Waals surface area contributed by atoms with E-state index in [0.717, 1.165) is 12.8 Å². The molecule has 0 saturated carbocycles. The molecule has 0 amide bonds. The van der Waals surface area contributed by atoms with Crippen LogP contribution in [0.2, 0.25) is 0 Å². The molecule has 0 aliphatic heterocycles. The maximum absolute atomic E-state index is 11.6. The Labute approximate surface area is 95.9 Å². The third-order valence-electron chi connectivity index (χ3n) is 2.10. The van der Waals surface area contributed by atoms with Crippen LogP contribution in [-0.2, 0) is 4.74 Å². The molecule has 1 rings (SSSR count). The summed E-state index contributed by atoms with van der Waals surface area (Å²) in [5, 5.41) is 0. The van der Waals surface area contributed by atoms with Crippen LogP contribution in [0.4, 0.5) is 5.69 Å².